The van der Waals surface area contributed by atoms with Crippen LogP contribution in [-0.4, -0.2) is 45.2 Å². The Bertz CT molecular complexity index is 743. The van der Waals surface area contributed by atoms with Crippen LogP contribution in [0.5, 0.6) is 5.75 Å². The van der Waals surface area contributed by atoms with Crippen molar-refractivity contribution in [2.75, 3.05) is 43.5 Å². The monoisotopic (exact) mass is 374 g/mol. The Kier molecular flexibility index (Phi) is 6.01. The summed E-state index contributed by atoms with van der Waals surface area (Å²) in [5.74, 6) is 0.908. The number of halogens is 1. The molecule has 26 heavy (non-hydrogen) atoms. The fourth-order valence-electron chi connectivity index (χ4n) is 3.26. The van der Waals surface area contributed by atoms with Crippen LogP contribution in [0.4, 0.5) is 11.4 Å². The highest BCUT2D eigenvalue weighted by atomic mass is 35.5. The van der Waals surface area contributed by atoms with E-state index in [0.29, 0.717) is 5.02 Å². The topological polar surface area (TPSA) is 46.0 Å². The van der Waals surface area contributed by atoms with Gasteiger partial charge in [0.15, 0.2) is 6.04 Å². The molecule has 1 aliphatic heterocycles. The summed E-state index contributed by atoms with van der Waals surface area (Å²) in [6, 6.07) is 15.2. The highest BCUT2D eigenvalue weighted by molar-refractivity contribution is 6.30. The normalized spacial score (nSPS) is 16.2. The molecule has 0 aromatic heterocycles. The van der Waals surface area contributed by atoms with Crippen LogP contribution in [-0.2, 0) is 4.79 Å². The molecule has 0 aliphatic carbocycles. The van der Waals surface area contributed by atoms with Gasteiger partial charge in [0.2, 0.25) is 0 Å². The largest absolute Gasteiger partial charge is 0.497 e. The third-order valence-electron chi connectivity index (χ3n) is 4.94. The van der Waals surface area contributed by atoms with E-state index in [1.165, 1.54) is 10.6 Å². The number of methoxy groups -OCH3 is 1. The van der Waals surface area contributed by atoms with E-state index in [4.69, 9.17) is 16.3 Å². The number of quaternary nitrogens is 1. The number of anilines is 2. The molecular formula is C20H25ClN3O2+. The standard InChI is InChI=1S/C20H24ClN3O2/c1-15(20(25)22-17-8-6-16(21)7-9-17)23-10-12-24(13-11-23)18-4-3-5-19(14-18)26-2/h3-9,14-15H,10-13H2,1-2H3,(H,22,25)/p+1/t15-/m1/s1. The average molecular weight is 375 g/mol. The molecule has 1 amide bonds. The van der Waals surface area contributed by atoms with Crippen LogP contribution < -0.4 is 19.9 Å². The van der Waals surface area contributed by atoms with Gasteiger partial charge in [-0.1, -0.05) is 17.7 Å². The summed E-state index contributed by atoms with van der Waals surface area (Å²) in [6.45, 7) is 5.67. The number of hydrogen-bond donors (Lipinski definition) is 2. The number of nitrogens with one attached hydrogen (secondary N) is 2. The minimum atomic E-state index is -0.0989. The lowest BCUT2D eigenvalue weighted by Crippen LogP contribution is -3.19. The second kappa shape index (κ2) is 8.43. The lowest BCUT2D eigenvalue weighted by molar-refractivity contribution is -0.914. The Balaban J connectivity index is 1.55. The number of amides is 1. The Morgan fingerprint density at radius 1 is 1.19 bits per heavy atom. The number of nitrogens with zero attached hydrogens (tertiary/aromatic N) is 1. The molecule has 1 heterocycles. The Labute approximate surface area is 159 Å². The SMILES string of the molecule is COc1cccc(N2CC[NH+]([C@H](C)C(=O)Nc3ccc(Cl)cc3)CC2)c1. The predicted octanol–water partition coefficient (Wildman–Crippen LogP) is 2.08. The quantitative estimate of drug-likeness (QED) is 0.842. The van der Waals surface area contributed by atoms with Crippen LogP contribution >= 0.6 is 11.6 Å². The molecule has 0 bridgehead atoms. The lowest BCUT2D eigenvalue weighted by Gasteiger charge is -2.36. The summed E-state index contributed by atoms with van der Waals surface area (Å²) in [6.07, 6.45) is 0. The average Bonchev–Trinajstić information content (AvgIpc) is 2.69. The number of benzene rings is 2. The molecule has 6 heteroatoms. The first-order chi connectivity index (χ1) is 12.6. The zero-order valence-corrected chi connectivity index (χ0v) is 15.9. The maximum Gasteiger partial charge on any atom is 0.282 e. The minimum absolute atomic E-state index is 0.0390. The van der Waals surface area contributed by atoms with Gasteiger partial charge in [-0.2, -0.15) is 0 Å². The van der Waals surface area contributed by atoms with Crippen molar-refractivity contribution in [1.82, 2.24) is 0 Å². The molecule has 0 radical (unpaired) electrons. The lowest BCUT2D eigenvalue weighted by atomic mass is 10.2. The highest BCUT2D eigenvalue weighted by Crippen LogP contribution is 2.20. The Morgan fingerprint density at radius 3 is 2.54 bits per heavy atom. The first-order valence-corrected chi connectivity index (χ1v) is 9.24. The number of rotatable bonds is 5. The molecule has 2 aromatic rings. The second-order valence-corrected chi connectivity index (χ2v) is 7.00. The van der Waals surface area contributed by atoms with Crippen LogP contribution in [0.3, 0.4) is 0 Å². The first-order valence-electron chi connectivity index (χ1n) is 8.87. The van der Waals surface area contributed by atoms with E-state index in [2.05, 4.69) is 22.3 Å². The fraction of sp³-hybridized carbons (Fsp3) is 0.350. The molecule has 2 aromatic carbocycles. The van der Waals surface area contributed by atoms with Gasteiger partial charge in [-0.25, -0.2) is 0 Å². The smallest absolute Gasteiger partial charge is 0.282 e. The van der Waals surface area contributed by atoms with Gasteiger partial charge in [-0.05, 0) is 43.3 Å². The van der Waals surface area contributed by atoms with Crippen molar-refractivity contribution in [3.05, 3.63) is 53.6 Å². The van der Waals surface area contributed by atoms with Crippen molar-refractivity contribution in [1.29, 1.82) is 0 Å². The molecule has 1 aliphatic rings. The summed E-state index contributed by atoms with van der Waals surface area (Å²) in [4.78, 5) is 16.2. The van der Waals surface area contributed by atoms with E-state index in [9.17, 15) is 4.79 Å². The molecule has 3 rings (SSSR count). The predicted molar refractivity (Wildman–Crippen MR) is 105 cm³/mol. The second-order valence-electron chi connectivity index (χ2n) is 6.56. The van der Waals surface area contributed by atoms with Crippen LogP contribution in [0, 0.1) is 0 Å². The van der Waals surface area contributed by atoms with Crippen molar-refractivity contribution in [3.63, 3.8) is 0 Å². The fourth-order valence-corrected chi connectivity index (χ4v) is 3.39. The van der Waals surface area contributed by atoms with Crippen LogP contribution in [0.15, 0.2) is 48.5 Å². The van der Waals surface area contributed by atoms with Gasteiger partial charge in [0.1, 0.15) is 5.75 Å². The van der Waals surface area contributed by atoms with Crippen molar-refractivity contribution < 1.29 is 14.4 Å². The molecule has 2 N–H and O–H groups in total. The summed E-state index contributed by atoms with van der Waals surface area (Å²) in [7, 11) is 1.68. The molecule has 5 nitrogen and oxygen atoms in total. The van der Waals surface area contributed by atoms with E-state index in [1.54, 1.807) is 19.2 Å². The van der Waals surface area contributed by atoms with Gasteiger partial charge >= 0.3 is 0 Å². The molecule has 1 atom stereocenters. The minimum Gasteiger partial charge on any atom is -0.497 e. The van der Waals surface area contributed by atoms with E-state index in [-0.39, 0.29) is 11.9 Å². The molecule has 0 spiro atoms. The number of carbonyl (C=O) groups is 1. The molecule has 1 fully saturated rings. The molecule has 138 valence electrons. The molecular weight excluding hydrogens is 350 g/mol. The van der Waals surface area contributed by atoms with Crippen LogP contribution in [0.25, 0.3) is 0 Å². The maximum atomic E-state index is 12.5. The molecule has 0 unspecified atom stereocenters. The summed E-state index contributed by atoms with van der Waals surface area (Å²) < 4.78 is 5.31. The number of ether oxygens (including phenoxy) is 1. The van der Waals surface area contributed by atoms with Crippen molar-refractivity contribution >= 4 is 28.9 Å². The summed E-state index contributed by atoms with van der Waals surface area (Å²) in [5, 5.41) is 3.64. The number of carbonyl (C=O) groups excluding carboxylic acids is 1. The van der Waals surface area contributed by atoms with E-state index in [1.807, 2.05) is 31.2 Å². The summed E-state index contributed by atoms with van der Waals surface area (Å²) in [5.41, 5.74) is 1.95. The zero-order valence-electron chi connectivity index (χ0n) is 15.2. The number of piperazine rings is 1. The third kappa shape index (κ3) is 4.48. The van der Waals surface area contributed by atoms with Crippen LogP contribution in [0.2, 0.25) is 5.02 Å². The maximum absolute atomic E-state index is 12.5. The van der Waals surface area contributed by atoms with E-state index >= 15 is 0 Å². The van der Waals surface area contributed by atoms with Gasteiger partial charge in [-0.15, -0.1) is 0 Å². The number of hydrogen-bond acceptors (Lipinski definition) is 3. The van der Waals surface area contributed by atoms with Crippen molar-refractivity contribution in [2.45, 2.75) is 13.0 Å². The third-order valence-corrected chi connectivity index (χ3v) is 5.19. The first kappa shape index (κ1) is 18.5. The Hall–Kier alpha value is -2.24. The highest BCUT2D eigenvalue weighted by Gasteiger charge is 2.29. The van der Waals surface area contributed by atoms with Crippen molar-refractivity contribution in [3.8, 4) is 5.75 Å². The van der Waals surface area contributed by atoms with E-state index < -0.39 is 0 Å². The van der Waals surface area contributed by atoms with Gasteiger partial charge in [0.25, 0.3) is 5.91 Å². The van der Waals surface area contributed by atoms with Gasteiger partial charge in [-0.3, -0.25) is 4.79 Å². The zero-order chi connectivity index (χ0) is 18.5. The van der Waals surface area contributed by atoms with Gasteiger partial charge in [0.05, 0.1) is 33.3 Å². The van der Waals surface area contributed by atoms with Crippen molar-refractivity contribution in [2.24, 2.45) is 0 Å². The molecule has 0 saturated carbocycles. The molecule has 1 saturated heterocycles. The Morgan fingerprint density at radius 2 is 1.88 bits per heavy atom. The van der Waals surface area contributed by atoms with Gasteiger partial charge < -0.3 is 19.9 Å². The van der Waals surface area contributed by atoms with Crippen LogP contribution in [0.1, 0.15) is 6.92 Å². The van der Waals surface area contributed by atoms with Gasteiger partial charge in [0, 0.05) is 22.5 Å². The van der Waals surface area contributed by atoms with E-state index in [0.717, 1.165) is 37.6 Å². The summed E-state index contributed by atoms with van der Waals surface area (Å²) >= 11 is 5.89.